The smallest absolute Gasteiger partial charge is 0.270 e. The van der Waals surface area contributed by atoms with E-state index in [4.69, 9.17) is 0 Å². The van der Waals surface area contributed by atoms with Crippen molar-refractivity contribution in [1.29, 1.82) is 0 Å². The normalized spacial score (nSPS) is 10.9. The van der Waals surface area contributed by atoms with Crippen LogP contribution in [0.1, 0.15) is 21.7 Å². The lowest BCUT2D eigenvalue weighted by Gasteiger charge is -2.07. The fraction of sp³-hybridized carbons (Fsp3) is 0.136. The van der Waals surface area contributed by atoms with Crippen LogP contribution in [0.5, 0.6) is 0 Å². The second kappa shape index (κ2) is 7.03. The first-order valence-corrected chi connectivity index (χ1v) is 8.83. The minimum absolute atomic E-state index is 0.188. The van der Waals surface area contributed by atoms with E-state index in [1.807, 2.05) is 44.4 Å². The number of nitrogens with one attached hydrogen (secondary N) is 1. The first kappa shape index (κ1) is 17.0. The molecule has 0 aliphatic rings. The summed E-state index contributed by atoms with van der Waals surface area (Å²) in [7, 11) is 1.88. The maximum atomic E-state index is 12.6. The molecule has 2 heterocycles. The van der Waals surface area contributed by atoms with Gasteiger partial charge in [0, 0.05) is 31.5 Å². The number of pyridine rings is 1. The fourth-order valence-electron chi connectivity index (χ4n) is 3.23. The molecule has 0 radical (unpaired) electrons. The molecule has 0 saturated heterocycles. The number of benzene rings is 2. The lowest BCUT2D eigenvalue weighted by molar-refractivity contribution is 0.0946. The van der Waals surface area contributed by atoms with E-state index in [-0.39, 0.29) is 5.91 Å². The zero-order valence-corrected chi connectivity index (χ0v) is 15.3. The van der Waals surface area contributed by atoms with Crippen LogP contribution in [0.15, 0.2) is 67.0 Å². The Morgan fingerprint density at radius 2 is 1.89 bits per heavy atom. The second-order valence-corrected chi connectivity index (χ2v) is 6.60. The van der Waals surface area contributed by atoms with Gasteiger partial charge >= 0.3 is 0 Å². The average molecular weight is 356 g/mol. The first-order valence-electron chi connectivity index (χ1n) is 8.83. The molecule has 5 nitrogen and oxygen atoms in total. The van der Waals surface area contributed by atoms with Gasteiger partial charge in [0.15, 0.2) is 0 Å². The summed E-state index contributed by atoms with van der Waals surface area (Å²) in [5.74, 6) is -0.188. The van der Waals surface area contributed by atoms with Crippen LogP contribution in [0.25, 0.3) is 21.9 Å². The van der Waals surface area contributed by atoms with E-state index in [1.54, 1.807) is 16.9 Å². The van der Waals surface area contributed by atoms with Crippen molar-refractivity contribution in [2.75, 3.05) is 0 Å². The summed E-state index contributed by atoms with van der Waals surface area (Å²) in [6, 6.07) is 18.1. The van der Waals surface area contributed by atoms with Gasteiger partial charge in [-0.25, -0.2) is 0 Å². The molecule has 4 rings (SSSR count). The number of aromatic nitrogens is 3. The molecule has 5 heteroatoms. The molecule has 0 atom stereocenters. The number of nitrogens with zero attached hydrogens (tertiary/aromatic N) is 3. The summed E-state index contributed by atoms with van der Waals surface area (Å²) in [6.45, 7) is 2.41. The molecule has 0 bridgehead atoms. The van der Waals surface area contributed by atoms with E-state index in [0.717, 1.165) is 27.8 Å². The molecular formula is C22H20N4O. The molecule has 0 aliphatic heterocycles. The predicted octanol–water partition coefficient (Wildman–Crippen LogP) is 3.87. The van der Waals surface area contributed by atoms with E-state index in [2.05, 4.69) is 39.7 Å². The van der Waals surface area contributed by atoms with Crippen molar-refractivity contribution in [2.24, 2.45) is 7.05 Å². The molecule has 0 spiro atoms. The highest BCUT2D eigenvalue weighted by Crippen LogP contribution is 2.22. The van der Waals surface area contributed by atoms with E-state index >= 15 is 0 Å². The maximum absolute atomic E-state index is 12.6. The Hall–Kier alpha value is -3.47. The molecule has 0 saturated carbocycles. The SMILES string of the molecule is Cc1nn(C)cc1-c1ccnc(C(=O)NCc2ccc3ccccc3c2)c1. The third kappa shape index (κ3) is 3.58. The number of carbonyl (C=O) groups excluding carboxylic acids is 1. The highest BCUT2D eigenvalue weighted by molar-refractivity contribution is 5.93. The summed E-state index contributed by atoms with van der Waals surface area (Å²) in [5, 5.41) is 9.67. The molecule has 0 fully saturated rings. The zero-order chi connectivity index (χ0) is 18.8. The van der Waals surface area contributed by atoms with Crippen LogP contribution >= 0.6 is 0 Å². The number of amides is 1. The minimum atomic E-state index is -0.188. The van der Waals surface area contributed by atoms with Gasteiger partial charge in [-0.3, -0.25) is 14.5 Å². The summed E-state index contributed by atoms with van der Waals surface area (Å²) >= 11 is 0. The average Bonchev–Trinajstić information content (AvgIpc) is 3.04. The van der Waals surface area contributed by atoms with Crippen molar-refractivity contribution in [3.63, 3.8) is 0 Å². The number of aryl methyl sites for hydroxylation is 2. The largest absolute Gasteiger partial charge is 0.347 e. The molecule has 1 amide bonds. The highest BCUT2D eigenvalue weighted by Gasteiger charge is 2.11. The molecular weight excluding hydrogens is 336 g/mol. The standard InChI is InChI=1S/C22H20N4O/c1-15-20(14-26(2)25-15)19-9-10-23-21(12-19)22(27)24-13-16-7-8-17-5-3-4-6-18(17)11-16/h3-12,14H,13H2,1-2H3,(H,24,27). The molecule has 1 N–H and O–H groups in total. The van der Waals surface area contributed by atoms with Crippen molar-refractivity contribution < 1.29 is 4.79 Å². The van der Waals surface area contributed by atoms with Crippen molar-refractivity contribution in [2.45, 2.75) is 13.5 Å². The van der Waals surface area contributed by atoms with Crippen LogP contribution in [-0.4, -0.2) is 20.7 Å². The molecule has 0 unspecified atom stereocenters. The maximum Gasteiger partial charge on any atom is 0.270 e. The lowest BCUT2D eigenvalue weighted by atomic mass is 10.1. The summed E-state index contributed by atoms with van der Waals surface area (Å²) < 4.78 is 1.77. The Bertz CT molecular complexity index is 1130. The Labute approximate surface area is 157 Å². The van der Waals surface area contributed by atoms with Crippen LogP contribution in [-0.2, 0) is 13.6 Å². The van der Waals surface area contributed by atoms with Gasteiger partial charge in [0.25, 0.3) is 5.91 Å². The van der Waals surface area contributed by atoms with Crippen LogP contribution in [0.4, 0.5) is 0 Å². The molecule has 4 aromatic rings. The van der Waals surface area contributed by atoms with Gasteiger partial charge in [-0.1, -0.05) is 36.4 Å². The van der Waals surface area contributed by atoms with Crippen LogP contribution < -0.4 is 5.32 Å². The van der Waals surface area contributed by atoms with Crippen molar-refractivity contribution >= 4 is 16.7 Å². The second-order valence-electron chi connectivity index (χ2n) is 6.60. The van der Waals surface area contributed by atoms with Gasteiger partial charge in [0.05, 0.1) is 5.69 Å². The van der Waals surface area contributed by atoms with Gasteiger partial charge in [-0.05, 0) is 47.0 Å². The van der Waals surface area contributed by atoms with Crippen molar-refractivity contribution in [3.05, 3.63) is 83.9 Å². The van der Waals surface area contributed by atoms with E-state index in [1.165, 1.54) is 5.39 Å². The topological polar surface area (TPSA) is 59.8 Å². The lowest BCUT2D eigenvalue weighted by Crippen LogP contribution is -2.23. The molecule has 2 aromatic carbocycles. The molecule has 0 aliphatic carbocycles. The number of hydrogen-bond acceptors (Lipinski definition) is 3. The molecule has 2 aromatic heterocycles. The summed E-state index contributed by atoms with van der Waals surface area (Å²) in [4.78, 5) is 16.8. The van der Waals surface area contributed by atoms with Crippen molar-refractivity contribution in [3.8, 4) is 11.1 Å². The Balaban J connectivity index is 1.51. The van der Waals surface area contributed by atoms with Crippen molar-refractivity contribution in [1.82, 2.24) is 20.1 Å². The van der Waals surface area contributed by atoms with E-state index < -0.39 is 0 Å². The number of carbonyl (C=O) groups is 1. The van der Waals surface area contributed by atoms with Gasteiger partial charge in [-0.15, -0.1) is 0 Å². The minimum Gasteiger partial charge on any atom is -0.347 e. The Morgan fingerprint density at radius 3 is 2.67 bits per heavy atom. The van der Waals surface area contributed by atoms with Gasteiger partial charge in [-0.2, -0.15) is 5.10 Å². The van der Waals surface area contributed by atoms with Crippen LogP contribution in [0.2, 0.25) is 0 Å². The number of fused-ring (bicyclic) bond motifs is 1. The highest BCUT2D eigenvalue weighted by atomic mass is 16.1. The summed E-state index contributed by atoms with van der Waals surface area (Å²) in [6.07, 6.45) is 3.61. The first-order chi connectivity index (χ1) is 13.1. The number of hydrogen-bond donors (Lipinski definition) is 1. The fourth-order valence-corrected chi connectivity index (χ4v) is 3.23. The van der Waals surface area contributed by atoms with E-state index in [9.17, 15) is 4.79 Å². The quantitative estimate of drug-likeness (QED) is 0.604. The number of rotatable bonds is 4. The third-order valence-corrected chi connectivity index (χ3v) is 4.58. The van der Waals surface area contributed by atoms with Crippen LogP contribution in [0, 0.1) is 6.92 Å². The Morgan fingerprint density at radius 1 is 1.07 bits per heavy atom. The monoisotopic (exact) mass is 356 g/mol. The van der Waals surface area contributed by atoms with Gasteiger partial charge in [0.1, 0.15) is 5.69 Å². The van der Waals surface area contributed by atoms with E-state index in [0.29, 0.717) is 12.2 Å². The van der Waals surface area contributed by atoms with Gasteiger partial charge < -0.3 is 5.32 Å². The zero-order valence-electron chi connectivity index (χ0n) is 15.3. The van der Waals surface area contributed by atoms with Crippen LogP contribution in [0.3, 0.4) is 0 Å². The summed E-state index contributed by atoms with van der Waals surface area (Å²) in [5.41, 5.74) is 4.32. The Kier molecular flexibility index (Phi) is 4.42. The third-order valence-electron chi connectivity index (χ3n) is 4.58. The predicted molar refractivity (Wildman–Crippen MR) is 106 cm³/mol. The molecule has 27 heavy (non-hydrogen) atoms. The molecule has 134 valence electrons. The van der Waals surface area contributed by atoms with Gasteiger partial charge in [0.2, 0.25) is 0 Å².